The highest BCUT2D eigenvalue weighted by Crippen LogP contribution is 2.29. The average molecular weight is 252 g/mol. The predicted octanol–water partition coefficient (Wildman–Crippen LogP) is 3.28. The van der Waals surface area contributed by atoms with Gasteiger partial charge in [-0.1, -0.05) is 13.3 Å². The second-order valence-electron chi connectivity index (χ2n) is 6.55. The monoisotopic (exact) mass is 252 g/mol. The van der Waals surface area contributed by atoms with E-state index >= 15 is 0 Å². The van der Waals surface area contributed by atoms with Crippen molar-refractivity contribution in [1.82, 2.24) is 10.2 Å². The molecule has 18 heavy (non-hydrogen) atoms. The highest BCUT2D eigenvalue weighted by Gasteiger charge is 2.23. The number of rotatable bonds is 5. The van der Waals surface area contributed by atoms with Crippen LogP contribution in [-0.2, 0) is 0 Å². The summed E-state index contributed by atoms with van der Waals surface area (Å²) in [6, 6.07) is 0.884. The van der Waals surface area contributed by atoms with Crippen LogP contribution in [0.5, 0.6) is 0 Å². The molecule has 1 N–H and O–H groups in total. The van der Waals surface area contributed by atoms with Crippen molar-refractivity contribution in [3.8, 4) is 0 Å². The van der Waals surface area contributed by atoms with Crippen LogP contribution in [0.25, 0.3) is 0 Å². The topological polar surface area (TPSA) is 15.3 Å². The summed E-state index contributed by atoms with van der Waals surface area (Å²) in [6.45, 7) is 6.17. The van der Waals surface area contributed by atoms with Gasteiger partial charge in [-0.05, 0) is 83.5 Å². The summed E-state index contributed by atoms with van der Waals surface area (Å²) in [5, 5.41) is 3.46. The lowest BCUT2D eigenvalue weighted by Gasteiger charge is -2.35. The van der Waals surface area contributed by atoms with E-state index in [0.717, 1.165) is 17.9 Å². The molecule has 0 aromatic rings. The van der Waals surface area contributed by atoms with Gasteiger partial charge in [0.05, 0.1) is 0 Å². The van der Waals surface area contributed by atoms with Gasteiger partial charge in [0.25, 0.3) is 0 Å². The Morgan fingerprint density at radius 3 is 2.22 bits per heavy atom. The lowest BCUT2D eigenvalue weighted by Crippen LogP contribution is -2.37. The van der Waals surface area contributed by atoms with Gasteiger partial charge in [0.15, 0.2) is 0 Å². The summed E-state index contributed by atoms with van der Waals surface area (Å²) >= 11 is 0. The third-order valence-electron chi connectivity index (χ3n) is 5.37. The largest absolute Gasteiger partial charge is 0.317 e. The second kappa shape index (κ2) is 7.49. The first-order chi connectivity index (χ1) is 8.79. The van der Waals surface area contributed by atoms with Gasteiger partial charge in [-0.3, -0.25) is 0 Å². The summed E-state index contributed by atoms with van der Waals surface area (Å²) < 4.78 is 0. The smallest absolute Gasteiger partial charge is 0.00924 e. The lowest BCUT2D eigenvalue weighted by molar-refractivity contribution is 0.151. The summed E-state index contributed by atoms with van der Waals surface area (Å²) in [5.74, 6) is 2.01. The third-order valence-corrected chi connectivity index (χ3v) is 5.37. The predicted molar refractivity (Wildman–Crippen MR) is 78.9 cm³/mol. The fourth-order valence-corrected chi connectivity index (χ4v) is 3.73. The Morgan fingerprint density at radius 2 is 1.61 bits per heavy atom. The molecule has 106 valence electrons. The maximum absolute atomic E-state index is 3.46. The lowest BCUT2D eigenvalue weighted by atomic mass is 9.84. The van der Waals surface area contributed by atoms with Gasteiger partial charge in [-0.2, -0.15) is 0 Å². The maximum Gasteiger partial charge on any atom is 0.00924 e. The van der Waals surface area contributed by atoms with Gasteiger partial charge in [0, 0.05) is 6.04 Å². The van der Waals surface area contributed by atoms with Gasteiger partial charge >= 0.3 is 0 Å². The van der Waals surface area contributed by atoms with Crippen molar-refractivity contribution in [2.75, 3.05) is 26.7 Å². The van der Waals surface area contributed by atoms with Crippen LogP contribution in [0.1, 0.15) is 58.3 Å². The molecule has 1 heterocycles. The maximum atomic E-state index is 3.46. The van der Waals surface area contributed by atoms with Crippen LogP contribution >= 0.6 is 0 Å². The van der Waals surface area contributed by atoms with E-state index < -0.39 is 0 Å². The summed E-state index contributed by atoms with van der Waals surface area (Å²) in [4.78, 5) is 2.66. The van der Waals surface area contributed by atoms with E-state index in [1.807, 2.05) is 0 Å². The summed E-state index contributed by atoms with van der Waals surface area (Å²) in [5.41, 5.74) is 0. The molecule has 0 atom stereocenters. The van der Waals surface area contributed by atoms with Crippen LogP contribution < -0.4 is 5.32 Å². The van der Waals surface area contributed by atoms with Crippen LogP contribution in [0.4, 0.5) is 0 Å². The molecular weight excluding hydrogens is 220 g/mol. The number of hydrogen-bond acceptors (Lipinski definition) is 2. The first kappa shape index (κ1) is 14.3. The molecule has 1 saturated heterocycles. The van der Waals surface area contributed by atoms with Gasteiger partial charge in [-0.25, -0.2) is 0 Å². The molecule has 0 unspecified atom stereocenters. The van der Waals surface area contributed by atoms with Crippen LogP contribution in [-0.4, -0.2) is 37.6 Å². The third kappa shape index (κ3) is 4.24. The Bertz CT molecular complexity index is 215. The van der Waals surface area contributed by atoms with Crippen LogP contribution in [0.15, 0.2) is 0 Å². The van der Waals surface area contributed by atoms with Gasteiger partial charge in [-0.15, -0.1) is 0 Å². The highest BCUT2D eigenvalue weighted by atomic mass is 15.1. The number of nitrogens with zero attached hydrogens (tertiary/aromatic N) is 1. The van der Waals surface area contributed by atoms with Crippen molar-refractivity contribution in [2.45, 2.75) is 64.3 Å². The zero-order valence-corrected chi connectivity index (χ0v) is 12.5. The Labute approximate surface area is 114 Å². The zero-order valence-electron chi connectivity index (χ0n) is 12.5. The zero-order chi connectivity index (χ0) is 12.8. The average Bonchev–Trinajstić information content (AvgIpc) is 2.46. The number of nitrogens with one attached hydrogen (secondary N) is 1. The highest BCUT2D eigenvalue weighted by molar-refractivity contribution is 4.78. The van der Waals surface area contributed by atoms with E-state index in [9.17, 15) is 0 Å². The summed E-state index contributed by atoms with van der Waals surface area (Å²) in [6.07, 6.45) is 11.4. The standard InChI is InChI=1S/C16H32N2/c1-3-14-4-6-16(7-5-14)18(2)13-10-15-8-11-17-12-9-15/h14-17H,3-13H2,1-2H3. The molecule has 0 aromatic carbocycles. The molecule has 0 bridgehead atoms. The molecule has 2 nitrogen and oxygen atoms in total. The van der Waals surface area contributed by atoms with Crippen molar-refractivity contribution < 1.29 is 0 Å². The SMILES string of the molecule is CCC1CCC(N(C)CCC2CCNCC2)CC1. The van der Waals surface area contributed by atoms with Gasteiger partial charge < -0.3 is 10.2 Å². The minimum absolute atomic E-state index is 0.884. The minimum Gasteiger partial charge on any atom is -0.317 e. The Kier molecular flexibility index (Phi) is 5.97. The Balaban J connectivity index is 1.63. The van der Waals surface area contributed by atoms with Crippen LogP contribution in [0, 0.1) is 11.8 Å². The normalized spacial score (nSPS) is 30.8. The minimum atomic E-state index is 0.884. The molecule has 2 rings (SSSR count). The van der Waals surface area contributed by atoms with Crippen LogP contribution in [0.3, 0.4) is 0 Å². The van der Waals surface area contributed by atoms with Crippen molar-refractivity contribution in [3.05, 3.63) is 0 Å². The quantitative estimate of drug-likeness (QED) is 0.808. The summed E-state index contributed by atoms with van der Waals surface area (Å²) in [7, 11) is 2.36. The fraction of sp³-hybridized carbons (Fsp3) is 1.00. The first-order valence-electron chi connectivity index (χ1n) is 8.20. The Hall–Kier alpha value is -0.0800. The molecule has 1 aliphatic carbocycles. The number of piperidine rings is 1. The molecule has 1 saturated carbocycles. The molecule has 0 spiro atoms. The molecule has 2 heteroatoms. The molecule has 0 radical (unpaired) electrons. The van der Waals surface area contributed by atoms with Crippen molar-refractivity contribution >= 4 is 0 Å². The van der Waals surface area contributed by atoms with E-state index in [2.05, 4.69) is 24.2 Å². The first-order valence-corrected chi connectivity index (χ1v) is 8.20. The van der Waals surface area contributed by atoms with E-state index in [1.165, 1.54) is 71.0 Å². The van der Waals surface area contributed by atoms with Crippen molar-refractivity contribution in [2.24, 2.45) is 11.8 Å². The molecular formula is C16H32N2. The number of hydrogen-bond donors (Lipinski definition) is 1. The second-order valence-corrected chi connectivity index (χ2v) is 6.55. The van der Waals surface area contributed by atoms with E-state index in [-0.39, 0.29) is 0 Å². The van der Waals surface area contributed by atoms with Crippen LogP contribution in [0.2, 0.25) is 0 Å². The van der Waals surface area contributed by atoms with Crippen molar-refractivity contribution in [3.63, 3.8) is 0 Å². The van der Waals surface area contributed by atoms with E-state index in [1.54, 1.807) is 0 Å². The molecule has 2 aliphatic rings. The van der Waals surface area contributed by atoms with Gasteiger partial charge in [0.1, 0.15) is 0 Å². The van der Waals surface area contributed by atoms with E-state index in [4.69, 9.17) is 0 Å². The molecule has 0 aromatic heterocycles. The van der Waals surface area contributed by atoms with Crippen molar-refractivity contribution in [1.29, 1.82) is 0 Å². The van der Waals surface area contributed by atoms with E-state index in [0.29, 0.717) is 0 Å². The Morgan fingerprint density at radius 1 is 0.944 bits per heavy atom. The molecule has 0 amide bonds. The fourth-order valence-electron chi connectivity index (χ4n) is 3.73. The molecule has 2 fully saturated rings. The van der Waals surface area contributed by atoms with Gasteiger partial charge in [0.2, 0.25) is 0 Å². The molecule has 1 aliphatic heterocycles.